The lowest BCUT2D eigenvalue weighted by Gasteiger charge is -2.08. The monoisotopic (exact) mass is 246 g/mol. The Morgan fingerprint density at radius 1 is 1.50 bits per heavy atom. The number of aromatic amines is 1. The minimum Gasteiger partial charge on any atom is -0.482 e. The third kappa shape index (κ3) is 2.79. The van der Waals surface area contributed by atoms with Crippen LogP contribution in [0.5, 0.6) is 5.75 Å². The average molecular weight is 246 g/mol. The van der Waals surface area contributed by atoms with Crippen LogP contribution in [0.2, 0.25) is 0 Å². The molecule has 1 heterocycles. The number of hydrogen-bond acceptors (Lipinski definition) is 4. The van der Waals surface area contributed by atoms with Gasteiger partial charge >= 0.3 is 0 Å². The van der Waals surface area contributed by atoms with Gasteiger partial charge in [0.15, 0.2) is 6.61 Å². The van der Waals surface area contributed by atoms with Crippen LogP contribution in [-0.4, -0.2) is 22.7 Å². The molecule has 6 nitrogen and oxygen atoms in total. The number of benzene rings is 1. The Bertz CT molecular complexity index is 551. The molecule has 18 heavy (non-hydrogen) atoms. The van der Waals surface area contributed by atoms with Gasteiger partial charge in [-0.25, -0.2) is 0 Å². The quantitative estimate of drug-likeness (QED) is 0.709. The molecule has 1 amide bonds. The van der Waals surface area contributed by atoms with Crippen molar-refractivity contribution in [1.82, 2.24) is 10.2 Å². The van der Waals surface area contributed by atoms with Crippen LogP contribution in [0.4, 0.5) is 11.5 Å². The van der Waals surface area contributed by atoms with Crippen LogP contribution in [0.1, 0.15) is 5.56 Å². The van der Waals surface area contributed by atoms with Crippen LogP contribution < -0.4 is 15.8 Å². The maximum Gasteiger partial charge on any atom is 0.263 e. The summed E-state index contributed by atoms with van der Waals surface area (Å²) in [6, 6.07) is 7.02. The predicted molar refractivity (Wildman–Crippen MR) is 68.3 cm³/mol. The van der Waals surface area contributed by atoms with Gasteiger partial charge in [0.1, 0.15) is 11.6 Å². The summed E-state index contributed by atoms with van der Waals surface area (Å²) in [5.74, 6) is 0.796. The van der Waals surface area contributed by atoms with E-state index in [1.165, 1.54) is 0 Å². The number of nitrogen functional groups attached to an aromatic ring is 1. The summed E-state index contributed by atoms with van der Waals surface area (Å²) in [4.78, 5) is 11.6. The smallest absolute Gasteiger partial charge is 0.263 e. The lowest BCUT2D eigenvalue weighted by atomic mass is 10.3. The Kier molecular flexibility index (Phi) is 3.47. The summed E-state index contributed by atoms with van der Waals surface area (Å²) in [6.07, 6.45) is 1.63. The zero-order valence-corrected chi connectivity index (χ0v) is 9.93. The molecule has 0 radical (unpaired) electrons. The number of para-hydroxylation sites is 2. The highest BCUT2D eigenvalue weighted by Gasteiger charge is 2.07. The lowest BCUT2D eigenvalue weighted by Crippen LogP contribution is -2.21. The maximum atomic E-state index is 11.6. The van der Waals surface area contributed by atoms with Crippen LogP contribution in [0.15, 0.2) is 30.5 Å². The van der Waals surface area contributed by atoms with Gasteiger partial charge in [-0.2, -0.15) is 5.10 Å². The molecule has 0 spiro atoms. The SMILES string of the molecule is Cc1cn[nH]c1NC(=O)COc1ccccc1N. The molecule has 0 unspecified atom stereocenters. The number of nitrogens with zero attached hydrogens (tertiary/aromatic N) is 1. The van der Waals surface area contributed by atoms with Crippen molar-refractivity contribution in [1.29, 1.82) is 0 Å². The molecule has 0 saturated carbocycles. The highest BCUT2D eigenvalue weighted by molar-refractivity contribution is 5.91. The standard InChI is InChI=1S/C12H14N4O2/c1-8-6-14-16-12(8)15-11(17)7-18-10-5-3-2-4-9(10)13/h2-6H,7,13H2,1H3,(H2,14,15,16,17). The van der Waals surface area contributed by atoms with Gasteiger partial charge in [0.25, 0.3) is 5.91 Å². The third-order valence-corrected chi connectivity index (χ3v) is 2.37. The van der Waals surface area contributed by atoms with Crippen molar-refractivity contribution in [2.75, 3.05) is 17.7 Å². The largest absolute Gasteiger partial charge is 0.482 e. The van der Waals surface area contributed by atoms with Gasteiger partial charge < -0.3 is 15.8 Å². The van der Waals surface area contributed by atoms with Crippen molar-refractivity contribution < 1.29 is 9.53 Å². The number of carbonyl (C=O) groups excluding carboxylic acids is 1. The summed E-state index contributed by atoms with van der Waals surface area (Å²) in [7, 11) is 0. The van der Waals surface area contributed by atoms with E-state index < -0.39 is 0 Å². The molecular weight excluding hydrogens is 232 g/mol. The fourth-order valence-electron chi connectivity index (χ4n) is 1.40. The number of anilines is 2. The summed E-state index contributed by atoms with van der Waals surface area (Å²) in [5.41, 5.74) is 7.06. The number of nitrogens with two attached hydrogens (primary N) is 1. The molecule has 0 aliphatic rings. The van der Waals surface area contributed by atoms with Gasteiger partial charge in [-0.3, -0.25) is 9.89 Å². The first kappa shape index (κ1) is 12.0. The van der Waals surface area contributed by atoms with Crippen LogP contribution in [0, 0.1) is 6.92 Å². The Balaban J connectivity index is 1.90. The van der Waals surface area contributed by atoms with E-state index in [0.29, 0.717) is 17.3 Å². The van der Waals surface area contributed by atoms with Crippen molar-refractivity contribution in [2.45, 2.75) is 6.92 Å². The number of aromatic nitrogens is 2. The number of carbonyl (C=O) groups is 1. The number of H-pyrrole nitrogens is 1. The first-order chi connectivity index (χ1) is 8.66. The van der Waals surface area contributed by atoms with Gasteiger partial charge in [0, 0.05) is 5.56 Å². The molecule has 2 rings (SSSR count). The van der Waals surface area contributed by atoms with E-state index >= 15 is 0 Å². The highest BCUT2D eigenvalue weighted by Crippen LogP contribution is 2.19. The molecule has 0 fully saturated rings. The van der Waals surface area contributed by atoms with E-state index in [1.54, 1.807) is 30.5 Å². The Labute approximate surface area is 104 Å². The number of nitrogens with one attached hydrogen (secondary N) is 2. The van der Waals surface area contributed by atoms with Gasteiger partial charge in [-0.1, -0.05) is 12.1 Å². The van der Waals surface area contributed by atoms with Gasteiger partial charge in [0.05, 0.1) is 11.9 Å². The second-order valence-electron chi connectivity index (χ2n) is 3.80. The normalized spacial score (nSPS) is 10.1. The summed E-state index contributed by atoms with van der Waals surface area (Å²) in [6.45, 7) is 1.74. The molecule has 1 aromatic heterocycles. The summed E-state index contributed by atoms with van der Waals surface area (Å²) < 4.78 is 5.32. The molecule has 4 N–H and O–H groups in total. The minimum absolute atomic E-state index is 0.104. The van der Waals surface area contributed by atoms with Crippen molar-refractivity contribution in [3.63, 3.8) is 0 Å². The van der Waals surface area contributed by atoms with E-state index in [0.717, 1.165) is 5.56 Å². The van der Waals surface area contributed by atoms with Crippen molar-refractivity contribution in [3.8, 4) is 5.75 Å². The second-order valence-corrected chi connectivity index (χ2v) is 3.80. The number of amides is 1. The average Bonchev–Trinajstić information content (AvgIpc) is 2.74. The van der Waals surface area contributed by atoms with Crippen molar-refractivity contribution in [2.24, 2.45) is 0 Å². The van der Waals surface area contributed by atoms with E-state index in [4.69, 9.17) is 10.5 Å². The molecule has 0 bridgehead atoms. The van der Waals surface area contributed by atoms with Gasteiger partial charge in [0.2, 0.25) is 0 Å². The van der Waals surface area contributed by atoms with E-state index in [2.05, 4.69) is 15.5 Å². The maximum absolute atomic E-state index is 11.6. The fraction of sp³-hybridized carbons (Fsp3) is 0.167. The van der Waals surface area contributed by atoms with E-state index in [-0.39, 0.29) is 12.5 Å². The Morgan fingerprint density at radius 3 is 2.94 bits per heavy atom. The van der Waals surface area contributed by atoms with E-state index in [1.807, 2.05) is 6.92 Å². The third-order valence-electron chi connectivity index (χ3n) is 2.37. The molecule has 1 aromatic carbocycles. The highest BCUT2D eigenvalue weighted by atomic mass is 16.5. The van der Waals surface area contributed by atoms with Gasteiger partial charge in [-0.15, -0.1) is 0 Å². The van der Waals surface area contributed by atoms with Gasteiger partial charge in [-0.05, 0) is 19.1 Å². The molecule has 0 atom stereocenters. The fourth-order valence-corrected chi connectivity index (χ4v) is 1.40. The first-order valence-corrected chi connectivity index (χ1v) is 5.44. The molecule has 0 aliphatic carbocycles. The molecule has 6 heteroatoms. The predicted octanol–water partition coefficient (Wildman–Crippen LogP) is 1.32. The topological polar surface area (TPSA) is 93.0 Å². The van der Waals surface area contributed by atoms with Crippen LogP contribution in [0.25, 0.3) is 0 Å². The number of rotatable bonds is 4. The van der Waals surface area contributed by atoms with Crippen molar-refractivity contribution >= 4 is 17.4 Å². The zero-order valence-electron chi connectivity index (χ0n) is 9.93. The molecule has 94 valence electrons. The Morgan fingerprint density at radius 2 is 2.28 bits per heavy atom. The number of ether oxygens (including phenoxy) is 1. The minimum atomic E-state index is -0.273. The van der Waals surface area contributed by atoms with Crippen LogP contribution in [-0.2, 0) is 4.79 Å². The Hall–Kier alpha value is -2.50. The molecular formula is C12H14N4O2. The first-order valence-electron chi connectivity index (χ1n) is 5.44. The van der Waals surface area contributed by atoms with E-state index in [9.17, 15) is 4.79 Å². The molecule has 2 aromatic rings. The van der Waals surface area contributed by atoms with Crippen molar-refractivity contribution in [3.05, 3.63) is 36.0 Å². The lowest BCUT2D eigenvalue weighted by molar-refractivity contribution is -0.118. The number of aryl methyl sites for hydroxylation is 1. The zero-order chi connectivity index (χ0) is 13.0. The molecule has 0 aliphatic heterocycles. The summed E-state index contributed by atoms with van der Waals surface area (Å²) in [5, 5.41) is 9.15. The molecule has 0 saturated heterocycles. The van der Waals surface area contributed by atoms with Crippen LogP contribution in [0.3, 0.4) is 0 Å². The summed E-state index contributed by atoms with van der Waals surface area (Å²) >= 11 is 0. The second kappa shape index (κ2) is 5.22. The number of hydrogen-bond donors (Lipinski definition) is 3. The van der Waals surface area contributed by atoms with Crippen LogP contribution >= 0.6 is 0 Å².